The summed E-state index contributed by atoms with van der Waals surface area (Å²) in [5, 5.41) is 0. The number of piperazine rings is 1. The second-order valence-electron chi connectivity index (χ2n) is 7.32. The maximum atomic E-state index is 13.1. The molecule has 1 aliphatic rings. The molecule has 6 nitrogen and oxygen atoms in total. The highest BCUT2D eigenvalue weighted by Crippen LogP contribution is 2.25. The fraction of sp³-hybridized carbons (Fsp3) is 0.429. The SMILES string of the molecule is CCc1ccc(S(=O)(=O)N2CCN(S(=O)(=O)c3ccc(CC)cc3)[C@H](C)C2)cc1. The van der Waals surface area contributed by atoms with Crippen LogP contribution in [0.15, 0.2) is 58.3 Å². The van der Waals surface area contributed by atoms with E-state index in [0.29, 0.717) is 0 Å². The Morgan fingerprint density at radius 3 is 1.62 bits per heavy atom. The van der Waals surface area contributed by atoms with E-state index < -0.39 is 26.1 Å². The van der Waals surface area contributed by atoms with Gasteiger partial charge in [0, 0.05) is 25.7 Å². The van der Waals surface area contributed by atoms with Gasteiger partial charge in [0.2, 0.25) is 20.0 Å². The molecule has 0 bridgehead atoms. The molecule has 1 aliphatic heterocycles. The Labute approximate surface area is 174 Å². The first-order valence-corrected chi connectivity index (χ1v) is 12.8. The third-order valence-corrected chi connectivity index (χ3v) is 9.34. The molecule has 2 aromatic rings. The van der Waals surface area contributed by atoms with Crippen LogP contribution in [0.5, 0.6) is 0 Å². The highest BCUT2D eigenvalue weighted by molar-refractivity contribution is 7.89. The van der Waals surface area contributed by atoms with E-state index in [0.717, 1.165) is 24.0 Å². The molecule has 0 saturated carbocycles. The molecule has 0 N–H and O–H groups in total. The average Bonchev–Trinajstić information content (AvgIpc) is 2.73. The van der Waals surface area contributed by atoms with E-state index in [-0.39, 0.29) is 29.4 Å². The third-order valence-electron chi connectivity index (χ3n) is 5.44. The predicted octanol–water partition coefficient (Wildman–Crippen LogP) is 2.90. The maximum Gasteiger partial charge on any atom is 0.243 e. The second-order valence-corrected chi connectivity index (χ2v) is 11.2. The number of aryl methyl sites for hydroxylation is 2. The van der Waals surface area contributed by atoms with Crippen molar-refractivity contribution < 1.29 is 16.8 Å². The molecule has 0 radical (unpaired) electrons. The van der Waals surface area contributed by atoms with Gasteiger partial charge in [0.25, 0.3) is 0 Å². The Morgan fingerprint density at radius 2 is 1.21 bits per heavy atom. The fourth-order valence-corrected chi connectivity index (χ4v) is 6.69. The quantitative estimate of drug-likeness (QED) is 0.698. The van der Waals surface area contributed by atoms with Crippen molar-refractivity contribution in [1.82, 2.24) is 8.61 Å². The van der Waals surface area contributed by atoms with E-state index in [1.54, 1.807) is 31.2 Å². The first-order valence-electron chi connectivity index (χ1n) is 9.90. The lowest BCUT2D eigenvalue weighted by Gasteiger charge is -2.38. The summed E-state index contributed by atoms with van der Waals surface area (Å²) in [7, 11) is -7.32. The van der Waals surface area contributed by atoms with E-state index in [2.05, 4.69) is 0 Å². The lowest BCUT2D eigenvalue weighted by Crippen LogP contribution is -2.55. The van der Waals surface area contributed by atoms with Gasteiger partial charge >= 0.3 is 0 Å². The molecule has 1 atom stereocenters. The fourth-order valence-electron chi connectivity index (χ4n) is 3.56. The molecule has 158 valence electrons. The number of sulfonamides is 2. The van der Waals surface area contributed by atoms with Gasteiger partial charge in [-0.2, -0.15) is 8.61 Å². The molecule has 0 spiro atoms. The van der Waals surface area contributed by atoms with Crippen LogP contribution in [-0.4, -0.2) is 51.1 Å². The molecule has 0 amide bonds. The molecule has 1 saturated heterocycles. The molecular formula is C21H28N2O4S2. The van der Waals surface area contributed by atoms with Crippen molar-refractivity contribution in [3.8, 4) is 0 Å². The Kier molecular flexibility index (Phi) is 6.48. The summed E-state index contributed by atoms with van der Waals surface area (Å²) < 4.78 is 54.9. The van der Waals surface area contributed by atoms with Gasteiger partial charge < -0.3 is 0 Å². The summed E-state index contributed by atoms with van der Waals surface area (Å²) in [5.41, 5.74) is 2.14. The number of nitrogens with zero attached hydrogens (tertiary/aromatic N) is 2. The summed E-state index contributed by atoms with van der Waals surface area (Å²) in [6, 6.07) is 13.3. The first-order chi connectivity index (χ1) is 13.7. The molecule has 2 aromatic carbocycles. The lowest BCUT2D eigenvalue weighted by molar-refractivity contribution is 0.212. The molecular weight excluding hydrogens is 408 g/mol. The standard InChI is InChI=1S/C21H28N2O4S2/c1-4-18-6-10-20(11-7-18)28(24,25)22-14-15-23(17(3)16-22)29(26,27)21-12-8-19(5-2)9-13-21/h6-13,17H,4-5,14-16H2,1-3H3/t17-/m1/s1. The van der Waals surface area contributed by atoms with Crippen LogP contribution in [-0.2, 0) is 32.9 Å². The van der Waals surface area contributed by atoms with Crippen LogP contribution in [0, 0.1) is 0 Å². The molecule has 1 heterocycles. The van der Waals surface area contributed by atoms with Crippen molar-refractivity contribution in [3.63, 3.8) is 0 Å². The van der Waals surface area contributed by atoms with Crippen LogP contribution in [0.2, 0.25) is 0 Å². The summed E-state index contributed by atoms with van der Waals surface area (Å²) in [4.78, 5) is 0.487. The normalized spacial score (nSPS) is 19.3. The van der Waals surface area contributed by atoms with Crippen LogP contribution in [0.3, 0.4) is 0 Å². The van der Waals surface area contributed by atoms with Gasteiger partial charge in [-0.15, -0.1) is 0 Å². The highest BCUT2D eigenvalue weighted by atomic mass is 32.2. The predicted molar refractivity (Wildman–Crippen MR) is 114 cm³/mol. The van der Waals surface area contributed by atoms with Gasteiger partial charge in [-0.05, 0) is 55.2 Å². The van der Waals surface area contributed by atoms with Gasteiger partial charge in [-0.25, -0.2) is 16.8 Å². The smallest absolute Gasteiger partial charge is 0.207 e. The van der Waals surface area contributed by atoms with Gasteiger partial charge in [0.15, 0.2) is 0 Å². The van der Waals surface area contributed by atoms with Crippen molar-refractivity contribution in [1.29, 1.82) is 0 Å². The van der Waals surface area contributed by atoms with E-state index in [1.165, 1.54) is 8.61 Å². The van der Waals surface area contributed by atoms with Crippen molar-refractivity contribution in [2.24, 2.45) is 0 Å². The van der Waals surface area contributed by atoms with Crippen LogP contribution in [0.25, 0.3) is 0 Å². The molecule has 0 aromatic heterocycles. The van der Waals surface area contributed by atoms with Gasteiger partial charge in [-0.1, -0.05) is 38.1 Å². The van der Waals surface area contributed by atoms with E-state index in [1.807, 2.05) is 38.1 Å². The first kappa shape index (κ1) is 22.0. The summed E-state index contributed by atoms with van der Waals surface area (Å²) in [5.74, 6) is 0. The van der Waals surface area contributed by atoms with E-state index >= 15 is 0 Å². The van der Waals surface area contributed by atoms with E-state index in [9.17, 15) is 16.8 Å². The largest absolute Gasteiger partial charge is 0.243 e. The molecule has 29 heavy (non-hydrogen) atoms. The van der Waals surface area contributed by atoms with Crippen LogP contribution >= 0.6 is 0 Å². The van der Waals surface area contributed by atoms with E-state index in [4.69, 9.17) is 0 Å². The van der Waals surface area contributed by atoms with Crippen molar-refractivity contribution in [2.45, 2.75) is 49.4 Å². The minimum Gasteiger partial charge on any atom is -0.207 e. The zero-order valence-corrected chi connectivity index (χ0v) is 18.7. The lowest BCUT2D eigenvalue weighted by atomic mass is 10.2. The number of rotatable bonds is 6. The van der Waals surface area contributed by atoms with Crippen LogP contribution in [0.4, 0.5) is 0 Å². The van der Waals surface area contributed by atoms with Crippen LogP contribution < -0.4 is 0 Å². The minimum absolute atomic E-state index is 0.129. The van der Waals surface area contributed by atoms with Gasteiger partial charge in [0.05, 0.1) is 9.79 Å². The molecule has 0 unspecified atom stereocenters. The number of hydrogen-bond acceptors (Lipinski definition) is 4. The maximum absolute atomic E-state index is 13.1. The molecule has 3 rings (SSSR count). The van der Waals surface area contributed by atoms with Crippen molar-refractivity contribution in [2.75, 3.05) is 19.6 Å². The minimum atomic E-state index is -3.67. The highest BCUT2D eigenvalue weighted by Gasteiger charge is 2.38. The number of benzene rings is 2. The van der Waals surface area contributed by atoms with Gasteiger partial charge in [0.1, 0.15) is 0 Å². The Hall–Kier alpha value is -1.74. The summed E-state index contributed by atoms with van der Waals surface area (Å²) >= 11 is 0. The van der Waals surface area contributed by atoms with Gasteiger partial charge in [-0.3, -0.25) is 0 Å². The Bertz CT molecular complexity index is 1050. The third kappa shape index (κ3) is 4.40. The Morgan fingerprint density at radius 1 is 0.759 bits per heavy atom. The van der Waals surface area contributed by atoms with Crippen molar-refractivity contribution >= 4 is 20.0 Å². The zero-order valence-electron chi connectivity index (χ0n) is 17.1. The number of hydrogen-bond donors (Lipinski definition) is 0. The average molecular weight is 437 g/mol. The zero-order chi connectivity index (χ0) is 21.2. The molecule has 8 heteroatoms. The van der Waals surface area contributed by atoms with Crippen LogP contribution in [0.1, 0.15) is 31.9 Å². The topological polar surface area (TPSA) is 74.8 Å². The summed E-state index contributed by atoms with van der Waals surface area (Å²) in [6.07, 6.45) is 1.68. The summed E-state index contributed by atoms with van der Waals surface area (Å²) in [6.45, 7) is 6.17. The molecule has 1 fully saturated rings. The monoisotopic (exact) mass is 436 g/mol. The second kappa shape index (κ2) is 8.55. The molecule has 0 aliphatic carbocycles. The Balaban J connectivity index is 1.78. The van der Waals surface area contributed by atoms with Crippen molar-refractivity contribution in [3.05, 3.63) is 59.7 Å².